The van der Waals surface area contributed by atoms with E-state index < -0.39 is 0 Å². The summed E-state index contributed by atoms with van der Waals surface area (Å²) in [6, 6.07) is 0. The smallest absolute Gasteiger partial charge is 0.104 e. The summed E-state index contributed by atoms with van der Waals surface area (Å²) < 4.78 is 11.0. The molecule has 2 rings (SSSR count). The van der Waals surface area contributed by atoms with Gasteiger partial charge in [0.15, 0.2) is 0 Å². The van der Waals surface area contributed by atoms with Gasteiger partial charge in [0.25, 0.3) is 0 Å². The molecule has 0 N–H and O–H groups in total. The van der Waals surface area contributed by atoms with E-state index in [1.807, 2.05) is 0 Å². The van der Waals surface area contributed by atoms with Crippen molar-refractivity contribution in [3.63, 3.8) is 0 Å². The van der Waals surface area contributed by atoms with Crippen LogP contribution in [-0.4, -0.2) is 25.4 Å². The second-order valence-corrected chi connectivity index (χ2v) is 4.47. The topological polar surface area (TPSA) is 21.8 Å². The maximum atomic E-state index is 5.89. The summed E-state index contributed by atoms with van der Waals surface area (Å²) in [6.45, 7) is 6.27. The van der Waals surface area contributed by atoms with E-state index in [-0.39, 0.29) is 0 Å². The number of ether oxygens (including phenoxy) is 2. The molecule has 0 amide bonds. The molecular formula is C11H19O2. The Morgan fingerprint density at radius 2 is 1.92 bits per heavy atom. The molecule has 1 radical (unpaired) electrons. The third kappa shape index (κ3) is 2.44. The van der Waals surface area contributed by atoms with Gasteiger partial charge in [-0.05, 0) is 31.1 Å². The van der Waals surface area contributed by atoms with Crippen molar-refractivity contribution < 1.29 is 9.47 Å². The monoisotopic (exact) mass is 183 g/mol. The molecule has 75 valence electrons. The van der Waals surface area contributed by atoms with Crippen molar-refractivity contribution in [1.29, 1.82) is 0 Å². The van der Waals surface area contributed by atoms with Crippen LogP contribution in [0.1, 0.15) is 26.7 Å². The summed E-state index contributed by atoms with van der Waals surface area (Å²) in [6.07, 6.45) is 5.67. The van der Waals surface area contributed by atoms with Gasteiger partial charge in [0.1, 0.15) is 6.10 Å². The first-order valence-corrected chi connectivity index (χ1v) is 5.32. The van der Waals surface area contributed by atoms with Crippen molar-refractivity contribution in [2.75, 3.05) is 13.2 Å². The standard InChI is InChI=1S/C11H19O2/c1-8-4-3-5-9(2)11(8)13-7-10-6-12-10/h3,8-11H,4-7H2,1-2H3. The first kappa shape index (κ1) is 9.47. The lowest BCUT2D eigenvalue weighted by molar-refractivity contribution is -0.0339. The van der Waals surface area contributed by atoms with E-state index >= 15 is 0 Å². The van der Waals surface area contributed by atoms with Gasteiger partial charge in [-0.3, -0.25) is 0 Å². The second-order valence-electron chi connectivity index (χ2n) is 4.47. The first-order valence-electron chi connectivity index (χ1n) is 5.32. The predicted octanol–water partition coefficient (Wildman–Crippen LogP) is 2.04. The molecule has 3 atom stereocenters. The quantitative estimate of drug-likeness (QED) is 0.624. The maximum absolute atomic E-state index is 5.89. The Kier molecular flexibility index (Phi) is 2.89. The molecule has 0 spiro atoms. The lowest BCUT2D eigenvalue weighted by Crippen LogP contribution is -2.34. The van der Waals surface area contributed by atoms with E-state index in [4.69, 9.17) is 9.47 Å². The molecule has 1 aliphatic carbocycles. The van der Waals surface area contributed by atoms with Gasteiger partial charge in [-0.15, -0.1) is 0 Å². The average Bonchev–Trinajstić information content (AvgIpc) is 2.87. The molecule has 2 aliphatic rings. The molecule has 2 fully saturated rings. The van der Waals surface area contributed by atoms with E-state index in [0.29, 0.717) is 24.0 Å². The maximum Gasteiger partial charge on any atom is 0.104 e. The SMILES string of the molecule is CC1C[CH]CC(C)C1OCC1CO1. The summed E-state index contributed by atoms with van der Waals surface area (Å²) >= 11 is 0. The third-order valence-electron chi connectivity index (χ3n) is 3.08. The number of hydrogen-bond donors (Lipinski definition) is 0. The van der Waals surface area contributed by atoms with Crippen LogP contribution in [0.2, 0.25) is 0 Å². The minimum Gasteiger partial charge on any atom is -0.375 e. The Morgan fingerprint density at radius 1 is 1.31 bits per heavy atom. The molecule has 2 heteroatoms. The van der Waals surface area contributed by atoms with E-state index in [9.17, 15) is 0 Å². The van der Waals surface area contributed by atoms with Crippen LogP contribution in [0.5, 0.6) is 0 Å². The lowest BCUT2D eigenvalue weighted by atomic mass is 9.80. The van der Waals surface area contributed by atoms with Gasteiger partial charge in [-0.1, -0.05) is 13.8 Å². The molecule has 1 aliphatic heterocycles. The summed E-state index contributed by atoms with van der Waals surface area (Å²) in [4.78, 5) is 0. The molecule has 2 nitrogen and oxygen atoms in total. The predicted molar refractivity (Wildman–Crippen MR) is 51.3 cm³/mol. The van der Waals surface area contributed by atoms with Gasteiger partial charge in [-0.2, -0.15) is 0 Å². The van der Waals surface area contributed by atoms with Crippen LogP contribution >= 0.6 is 0 Å². The highest BCUT2D eigenvalue weighted by Crippen LogP contribution is 2.31. The van der Waals surface area contributed by atoms with Crippen molar-refractivity contribution in [1.82, 2.24) is 0 Å². The van der Waals surface area contributed by atoms with Crippen molar-refractivity contribution in [2.24, 2.45) is 11.8 Å². The number of rotatable bonds is 3. The molecule has 1 saturated carbocycles. The van der Waals surface area contributed by atoms with Gasteiger partial charge in [0.05, 0.1) is 19.3 Å². The fraction of sp³-hybridized carbons (Fsp3) is 0.909. The van der Waals surface area contributed by atoms with Crippen LogP contribution in [0.25, 0.3) is 0 Å². The van der Waals surface area contributed by atoms with Crippen molar-refractivity contribution in [2.45, 2.75) is 38.9 Å². The lowest BCUT2D eigenvalue weighted by Gasteiger charge is -2.34. The molecule has 1 heterocycles. The van der Waals surface area contributed by atoms with Crippen molar-refractivity contribution in [3.8, 4) is 0 Å². The fourth-order valence-electron chi connectivity index (χ4n) is 2.16. The summed E-state index contributed by atoms with van der Waals surface area (Å²) in [5.74, 6) is 1.37. The summed E-state index contributed by atoms with van der Waals surface area (Å²) in [5, 5.41) is 0. The molecule has 13 heavy (non-hydrogen) atoms. The van der Waals surface area contributed by atoms with Gasteiger partial charge in [0, 0.05) is 0 Å². The zero-order valence-electron chi connectivity index (χ0n) is 8.53. The fourth-order valence-corrected chi connectivity index (χ4v) is 2.16. The van der Waals surface area contributed by atoms with E-state index in [2.05, 4.69) is 20.3 Å². The molecule has 0 aromatic rings. The Labute approximate surface area is 80.6 Å². The van der Waals surface area contributed by atoms with Crippen molar-refractivity contribution >= 4 is 0 Å². The molecule has 1 saturated heterocycles. The molecular weight excluding hydrogens is 164 g/mol. The van der Waals surface area contributed by atoms with Gasteiger partial charge in [-0.25, -0.2) is 0 Å². The average molecular weight is 183 g/mol. The second kappa shape index (κ2) is 3.97. The van der Waals surface area contributed by atoms with E-state index in [1.165, 1.54) is 12.8 Å². The Hall–Kier alpha value is -0.0800. The summed E-state index contributed by atoms with van der Waals surface area (Å²) in [5.41, 5.74) is 0. The van der Waals surface area contributed by atoms with E-state index in [0.717, 1.165) is 13.2 Å². The number of epoxide rings is 1. The number of hydrogen-bond acceptors (Lipinski definition) is 2. The highest BCUT2D eigenvalue weighted by molar-refractivity contribution is 4.87. The van der Waals surface area contributed by atoms with Crippen LogP contribution in [0.3, 0.4) is 0 Å². The Balaban J connectivity index is 1.78. The normalized spacial score (nSPS) is 44.8. The zero-order chi connectivity index (χ0) is 9.26. The third-order valence-corrected chi connectivity index (χ3v) is 3.08. The minimum atomic E-state index is 0.408. The van der Waals surface area contributed by atoms with Crippen LogP contribution in [-0.2, 0) is 9.47 Å². The zero-order valence-corrected chi connectivity index (χ0v) is 8.53. The van der Waals surface area contributed by atoms with Gasteiger partial charge in [0.2, 0.25) is 0 Å². The van der Waals surface area contributed by atoms with E-state index in [1.54, 1.807) is 0 Å². The molecule has 0 aromatic carbocycles. The van der Waals surface area contributed by atoms with Gasteiger partial charge < -0.3 is 9.47 Å². The first-order chi connectivity index (χ1) is 6.27. The largest absolute Gasteiger partial charge is 0.375 e. The van der Waals surface area contributed by atoms with Crippen LogP contribution in [0, 0.1) is 18.3 Å². The highest BCUT2D eigenvalue weighted by atomic mass is 16.6. The Morgan fingerprint density at radius 3 is 2.46 bits per heavy atom. The van der Waals surface area contributed by atoms with Crippen LogP contribution in [0.4, 0.5) is 0 Å². The van der Waals surface area contributed by atoms with Crippen LogP contribution < -0.4 is 0 Å². The minimum absolute atomic E-state index is 0.408. The van der Waals surface area contributed by atoms with Gasteiger partial charge >= 0.3 is 0 Å². The summed E-state index contributed by atoms with van der Waals surface area (Å²) in [7, 11) is 0. The van der Waals surface area contributed by atoms with Crippen molar-refractivity contribution in [3.05, 3.63) is 6.42 Å². The molecule has 3 unspecified atom stereocenters. The Bertz CT molecular complexity index is 155. The molecule has 0 aromatic heterocycles. The van der Waals surface area contributed by atoms with Crippen LogP contribution in [0.15, 0.2) is 0 Å². The highest BCUT2D eigenvalue weighted by Gasteiger charge is 2.31. The molecule has 0 bridgehead atoms.